The van der Waals surface area contributed by atoms with E-state index in [1.165, 1.54) is 0 Å². The van der Waals surface area contributed by atoms with Crippen LogP contribution in [0.2, 0.25) is 6.55 Å². The van der Waals surface area contributed by atoms with E-state index in [2.05, 4.69) is 0 Å². The van der Waals surface area contributed by atoms with E-state index in [9.17, 15) is 9.59 Å². The molecule has 4 rings (SSSR count). The van der Waals surface area contributed by atoms with Crippen LogP contribution >= 0.6 is 0 Å². The lowest BCUT2D eigenvalue weighted by atomic mass is 9.99. The molecule has 0 saturated carbocycles. The van der Waals surface area contributed by atoms with Crippen molar-refractivity contribution in [3.8, 4) is 22.6 Å². The van der Waals surface area contributed by atoms with Gasteiger partial charge in [0.05, 0.1) is 6.61 Å². The van der Waals surface area contributed by atoms with Crippen molar-refractivity contribution in [1.29, 1.82) is 0 Å². The summed E-state index contributed by atoms with van der Waals surface area (Å²) in [4.78, 5) is 22.8. The summed E-state index contributed by atoms with van der Waals surface area (Å²) in [6, 6.07) is 11.3. The van der Waals surface area contributed by atoms with Crippen LogP contribution in [0.1, 0.15) is 0 Å². The molecule has 0 spiro atoms. The highest BCUT2D eigenvalue weighted by atomic mass is 28.3. The Hall–Kier alpha value is -2.61. The molecule has 2 heterocycles. The summed E-state index contributed by atoms with van der Waals surface area (Å²) in [5, 5.41) is 2.30. The number of aromatic nitrogens is 1. The largest absolute Gasteiger partial charge is 0.486 e. The summed E-state index contributed by atoms with van der Waals surface area (Å²) < 4.78 is 18.9. The Bertz CT molecular complexity index is 1090. The Morgan fingerprint density at radius 3 is 2.71 bits per heavy atom. The molecule has 3 aromatic rings. The summed E-state index contributed by atoms with van der Waals surface area (Å²) in [7, 11) is 1.67. The highest BCUT2D eigenvalue weighted by Gasteiger charge is 2.27. The average Bonchev–Trinajstić information content (AvgIpc) is 2.70. The van der Waals surface area contributed by atoms with Gasteiger partial charge in [0.15, 0.2) is 17.6 Å². The molecule has 1 unspecified atom stereocenters. The minimum Gasteiger partial charge on any atom is -0.486 e. The number of nitrogens with zero attached hydrogens (tertiary/aromatic N) is 1. The molecule has 0 fully saturated rings. The highest BCUT2D eigenvalue weighted by molar-refractivity contribution is 6.65. The maximum absolute atomic E-state index is 12.6. The molecular formula is C21H22NO5Si. The number of benzene rings is 2. The zero-order chi connectivity index (χ0) is 19.8. The molecule has 1 aromatic heterocycles. The summed E-state index contributed by atoms with van der Waals surface area (Å²) in [5.74, 6) is 1.22. The molecule has 6 nitrogen and oxygen atoms in total. The topological polar surface area (TPSA) is 69.9 Å². The summed E-state index contributed by atoms with van der Waals surface area (Å²) in [5.41, 5.74) is 1.61. The van der Waals surface area contributed by atoms with Crippen molar-refractivity contribution >= 4 is 25.0 Å². The molecule has 145 valence electrons. The first-order chi connectivity index (χ1) is 13.5. The number of rotatable bonds is 4. The van der Waals surface area contributed by atoms with Gasteiger partial charge in [0.25, 0.3) is 5.56 Å². The SMILES string of the molecule is COCC1COc2cc([Si](C)O)cc(-c3cn(C)c(=O)c4ccccc34)c2O1. The monoisotopic (exact) mass is 396 g/mol. The molecule has 2 aromatic carbocycles. The second kappa shape index (κ2) is 7.42. The maximum atomic E-state index is 12.6. The third-order valence-corrected chi connectivity index (χ3v) is 6.04. The number of pyridine rings is 1. The Morgan fingerprint density at radius 2 is 2.00 bits per heavy atom. The Balaban J connectivity index is 2.00. The van der Waals surface area contributed by atoms with Crippen molar-refractivity contribution in [2.75, 3.05) is 20.3 Å². The first kappa shape index (κ1) is 18.7. The van der Waals surface area contributed by atoms with Crippen LogP contribution in [-0.4, -0.2) is 44.8 Å². The third kappa shape index (κ3) is 3.21. The molecule has 1 radical (unpaired) electrons. The molecule has 0 saturated heterocycles. The lowest BCUT2D eigenvalue weighted by Crippen LogP contribution is -2.35. The van der Waals surface area contributed by atoms with Crippen LogP contribution in [0.4, 0.5) is 0 Å². The standard InChI is InChI=1S/C21H22NO5Si/c1-22-10-18(15-6-4-5-7-16(15)21(22)23)17-8-14(28(3)24)9-19-20(17)27-13(11-25-2)12-26-19/h4-10,13,24H,11-12H2,1-3H3. The van der Waals surface area contributed by atoms with Crippen molar-refractivity contribution in [2.24, 2.45) is 7.05 Å². The zero-order valence-electron chi connectivity index (χ0n) is 16.1. The van der Waals surface area contributed by atoms with Crippen LogP contribution in [-0.2, 0) is 11.8 Å². The van der Waals surface area contributed by atoms with Crippen molar-refractivity contribution in [2.45, 2.75) is 12.7 Å². The van der Waals surface area contributed by atoms with Gasteiger partial charge in [-0.05, 0) is 35.3 Å². The highest BCUT2D eigenvalue weighted by Crippen LogP contribution is 2.42. The Kier molecular flexibility index (Phi) is 4.97. The molecule has 1 aliphatic heterocycles. The van der Waals surface area contributed by atoms with Gasteiger partial charge in [-0.15, -0.1) is 0 Å². The van der Waals surface area contributed by atoms with Crippen LogP contribution in [0, 0.1) is 0 Å². The molecule has 1 atom stereocenters. The van der Waals surface area contributed by atoms with Crippen LogP contribution < -0.4 is 20.2 Å². The molecule has 0 bridgehead atoms. The summed E-state index contributed by atoms with van der Waals surface area (Å²) in [6.45, 7) is 2.61. The summed E-state index contributed by atoms with van der Waals surface area (Å²) in [6.07, 6.45) is 1.59. The minimum atomic E-state index is -1.70. The van der Waals surface area contributed by atoms with E-state index in [1.807, 2.05) is 49.1 Å². The fourth-order valence-electron chi connectivity index (χ4n) is 3.52. The van der Waals surface area contributed by atoms with Crippen molar-refractivity contribution in [1.82, 2.24) is 4.57 Å². The van der Waals surface area contributed by atoms with Gasteiger partial charge in [-0.1, -0.05) is 18.2 Å². The average molecular weight is 396 g/mol. The van der Waals surface area contributed by atoms with E-state index in [0.717, 1.165) is 21.7 Å². The van der Waals surface area contributed by atoms with Crippen LogP contribution in [0.3, 0.4) is 0 Å². The number of hydrogen-bond donors (Lipinski definition) is 1. The number of aryl methyl sites for hydroxylation is 1. The zero-order valence-corrected chi connectivity index (χ0v) is 17.1. The van der Waals surface area contributed by atoms with Gasteiger partial charge in [0, 0.05) is 36.9 Å². The van der Waals surface area contributed by atoms with Gasteiger partial charge in [-0.3, -0.25) is 4.79 Å². The Labute approximate surface area is 164 Å². The van der Waals surface area contributed by atoms with E-state index >= 15 is 0 Å². The smallest absolute Gasteiger partial charge is 0.258 e. The number of fused-ring (bicyclic) bond motifs is 2. The van der Waals surface area contributed by atoms with Gasteiger partial charge in [-0.2, -0.15) is 0 Å². The van der Waals surface area contributed by atoms with Gasteiger partial charge < -0.3 is 23.6 Å². The molecule has 7 heteroatoms. The van der Waals surface area contributed by atoms with E-state index < -0.39 is 9.04 Å². The second-order valence-corrected chi connectivity index (χ2v) is 8.70. The van der Waals surface area contributed by atoms with Crippen LogP contribution in [0.5, 0.6) is 11.5 Å². The quantitative estimate of drug-likeness (QED) is 0.681. The van der Waals surface area contributed by atoms with E-state index in [-0.39, 0.29) is 11.7 Å². The minimum absolute atomic E-state index is 0.0544. The molecule has 1 N–H and O–H groups in total. The van der Waals surface area contributed by atoms with Crippen molar-refractivity contribution in [3.63, 3.8) is 0 Å². The van der Waals surface area contributed by atoms with E-state index in [1.54, 1.807) is 18.7 Å². The molecular weight excluding hydrogens is 374 g/mol. The van der Waals surface area contributed by atoms with E-state index in [4.69, 9.17) is 14.2 Å². The maximum Gasteiger partial charge on any atom is 0.258 e. The first-order valence-electron chi connectivity index (χ1n) is 9.07. The fraction of sp³-hybridized carbons (Fsp3) is 0.286. The van der Waals surface area contributed by atoms with Crippen LogP contribution in [0.25, 0.3) is 21.9 Å². The van der Waals surface area contributed by atoms with Gasteiger partial charge in [0.2, 0.25) is 9.04 Å². The van der Waals surface area contributed by atoms with Gasteiger partial charge >= 0.3 is 0 Å². The summed E-state index contributed by atoms with van der Waals surface area (Å²) >= 11 is 0. The van der Waals surface area contributed by atoms with E-state index in [0.29, 0.717) is 30.1 Å². The lowest BCUT2D eigenvalue weighted by molar-refractivity contribution is 0.0277. The third-order valence-electron chi connectivity index (χ3n) is 4.92. The Morgan fingerprint density at radius 1 is 1.25 bits per heavy atom. The number of hydrogen-bond acceptors (Lipinski definition) is 5. The fourth-order valence-corrected chi connectivity index (χ4v) is 4.22. The van der Waals surface area contributed by atoms with Crippen LogP contribution in [0.15, 0.2) is 47.4 Å². The molecule has 1 aliphatic rings. The molecule has 0 amide bonds. The molecule has 0 aliphatic carbocycles. The second-order valence-electron chi connectivity index (χ2n) is 6.95. The predicted octanol–water partition coefficient (Wildman–Crippen LogP) is 1.81. The van der Waals surface area contributed by atoms with Gasteiger partial charge in [-0.25, -0.2) is 0 Å². The van der Waals surface area contributed by atoms with Crippen molar-refractivity contribution in [3.05, 3.63) is 52.9 Å². The van der Waals surface area contributed by atoms with Crippen molar-refractivity contribution < 1.29 is 19.0 Å². The number of methoxy groups -OCH3 is 1. The molecule has 28 heavy (non-hydrogen) atoms. The van der Waals surface area contributed by atoms with Gasteiger partial charge in [0.1, 0.15) is 6.61 Å². The predicted molar refractivity (Wildman–Crippen MR) is 110 cm³/mol. The first-order valence-corrected chi connectivity index (χ1v) is 11.0. The number of ether oxygens (including phenoxy) is 3. The lowest BCUT2D eigenvalue weighted by Gasteiger charge is -2.29. The normalized spacial score (nSPS) is 16.0.